The first-order chi connectivity index (χ1) is 7.33. The molecule has 15 heavy (non-hydrogen) atoms. The van der Waals surface area contributed by atoms with E-state index in [-0.39, 0.29) is 0 Å². The van der Waals surface area contributed by atoms with Crippen molar-refractivity contribution in [2.45, 2.75) is 0 Å². The van der Waals surface area contributed by atoms with Gasteiger partial charge < -0.3 is 0 Å². The lowest BCUT2D eigenvalue weighted by Gasteiger charge is -1.83. The zero-order valence-electron chi connectivity index (χ0n) is 8.29. The number of nitrogens with zero attached hydrogens (tertiary/aromatic N) is 3. The molecule has 0 fully saturated rings. The Balaban J connectivity index is 2.19. The van der Waals surface area contributed by atoms with E-state index in [0.29, 0.717) is 0 Å². The second-order valence-electron chi connectivity index (χ2n) is 3.45. The van der Waals surface area contributed by atoms with Crippen LogP contribution in [0.5, 0.6) is 0 Å². The Labute approximate surface area is 91.2 Å². The van der Waals surface area contributed by atoms with Crippen LogP contribution in [-0.4, -0.2) is 9.55 Å². The predicted octanol–water partition coefficient (Wildman–Crippen LogP) is 1.91. The molecule has 0 saturated carbocycles. The van der Waals surface area contributed by atoms with Crippen LogP contribution in [0.25, 0.3) is 15.3 Å². The molecule has 2 aromatic heterocycles. The van der Waals surface area contributed by atoms with E-state index < -0.39 is 0 Å². The highest BCUT2D eigenvalue weighted by Crippen LogP contribution is 2.23. The molecule has 0 amide bonds. The number of hydrogen-bond donors (Lipinski definition) is 0. The third kappa shape index (κ3) is 1.43. The van der Waals surface area contributed by atoms with Crippen LogP contribution in [-0.2, 0) is 7.05 Å². The van der Waals surface area contributed by atoms with Gasteiger partial charge in [-0.1, -0.05) is 23.5 Å². The number of thiazole rings is 1. The quantitative estimate of drug-likeness (QED) is 0.569. The fourth-order valence-electron chi connectivity index (χ4n) is 1.53. The Kier molecular flexibility index (Phi) is 1.82. The summed E-state index contributed by atoms with van der Waals surface area (Å²) < 4.78 is 5.26. The van der Waals surface area contributed by atoms with Gasteiger partial charge in [0, 0.05) is 0 Å². The Morgan fingerprint density at radius 2 is 2.20 bits per heavy atom. The number of rotatable bonds is 1. The van der Waals surface area contributed by atoms with Crippen LogP contribution in [0.4, 0.5) is 0 Å². The van der Waals surface area contributed by atoms with Crippen molar-refractivity contribution in [2.75, 3.05) is 0 Å². The maximum Gasteiger partial charge on any atom is 0.284 e. The average molecular weight is 216 g/mol. The molecule has 3 rings (SSSR count). The van der Waals surface area contributed by atoms with Crippen LogP contribution in [0, 0.1) is 0 Å². The first-order valence-electron chi connectivity index (χ1n) is 4.72. The molecule has 4 heteroatoms. The summed E-state index contributed by atoms with van der Waals surface area (Å²) in [5, 5.41) is 1.01. The fourth-order valence-corrected chi connectivity index (χ4v) is 2.45. The van der Waals surface area contributed by atoms with Crippen molar-refractivity contribution in [2.24, 2.45) is 7.05 Å². The van der Waals surface area contributed by atoms with Gasteiger partial charge >= 0.3 is 0 Å². The smallest absolute Gasteiger partial charge is 0.239 e. The Morgan fingerprint density at radius 3 is 2.93 bits per heavy atom. The molecule has 0 N–H and O–H groups in total. The molecule has 0 aliphatic rings. The lowest BCUT2D eigenvalue weighted by atomic mass is 10.3. The predicted molar refractivity (Wildman–Crippen MR) is 60.1 cm³/mol. The van der Waals surface area contributed by atoms with Gasteiger partial charge in [0.05, 0.1) is 17.3 Å². The van der Waals surface area contributed by atoms with E-state index >= 15 is 0 Å². The molecular formula is C11H10N3S+. The molecule has 0 aliphatic heterocycles. The summed E-state index contributed by atoms with van der Waals surface area (Å²) in [7, 11) is 2.00. The maximum absolute atomic E-state index is 4.56. The number of hydrogen-bond acceptors (Lipinski definition) is 2. The fraction of sp³-hybridized carbons (Fsp3) is 0.0909. The summed E-state index contributed by atoms with van der Waals surface area (Å²) in [6, 6.07) is 8.19. The molecule has 2 heterocycles. The third-order valence-electron chi connectivity index (χ3n) is 2.27. The number of imidazole rings is 1. The van der Waals surface area contributed by atoms with Crippen LogP contribution < -0.4 is 4.57 Å². The van der Waals surface area contributed by atoms with Crippen molar-refractivity contribution < 1.29 is 4.57 Å². The first-order valence-corrected chi connectivity index (χ1v) is 5.54. The van der Waals surface area contributed by atoms with Crippen molar-refractivity contribution in [1.82, 2.24) is 9.55 Å². The van der Waals surface area contributed by atoms with Gasteiger partial charge in [0.25, 0.3) is 11.5 Å². The normalized spacial score (nSPS) is 11.0. The maximum atomic E-state index is 4.56. The molecule has 3 aromatic rings. The zero-order valence-corrected chi connectivity index (χ0v) is 9.11. The summed E-state index contributed by atoms with van der Waals surface area (Å²) in [6.07, 6.45) is 6.03. The minimum atomic E-state index is 1.01. The van der Waals surface area contributed by atoms with E-state index in [9.17, 15) is 0 Å². The van der Waals surface area contributed by atoms with Crippen LogP contribution in [0.15, 0.2) is 43.0 Å². The first kappa shape index (κ1) is 8.61. The summed E-state index contributed by atoms with van der Waals surface area (Å²) >= 11 is 1.70. The van der Waals surface area contributed by atoms with E-state index in [1.165, 1.54) is 4.70 Å². The van der Waals surface area contributed by atoms with Crippen molar-refractivity contribution in [3.8, 4) is 5.13 Å². The number of benzene rings is 1. The molecule has 74 valence electrons. The topological polar surface area (TPSA) is 21.7 Å². The number of fused-ring (bicyclic) bond motifs is 1. The Morgan fingerprint density at radius 1 is 1.33 bits per heavy atom. The molecule has 0 spiro atoms. The van der Waals surface area contributed by atoms with Gasteiger partial charge in [0.15, 0.2) is 0 Å². The van der Waals surface area contributed by atoms with Crippen LogP contribution in [0.1, 0.15) is 0 Å². The highest BCUT2D eigenvalue weighted by molar-refractivity contribution is 7.20. The second kappa shape index (κ2) is 3.17. The number of aromatic nitrogens is 3. The van der Waals surface area contributed by atoms with Gasteiger partial charge in [-0.05, 0) is 12.1 Å². The minimum Gasteiger partial charge on any atom is -0.239 e. The van der Waals surface area contributed by atoms with Crippen LogP contribution in [0.3, 0.4) is 0 Å². The zero-order chi connectivity index (χ0) is 10.3. The van der Waals surface area contributed by atoms with Crippen molar-refractivity contribution in [1.29, 1.82) is 0 Å². The lowest BCUT2D eigenvalue weighted by molar-refractivity contribution is -0.670. The van der Waals surface area contributed by atoms with Gasteiger partial charge in [-0.2, -0.15) is 9.55 Å². The molecule has 1 aromatic carbocycles. The number of para-hydroxylation sites is 1. The Hall–Kier alpha value is -1.68. The summed E-state index contributed by atoms with van der Waals surface area (Å²) in [5.74, 6) is 0. The highest BCUT2D eigenvalue weighted by Gasteiger charge is 2.09. The van der Waals surface area contributed by atoms with E-state index in [1.807, 2.05) is 53.1 Å². The molecule has 0 aliphatic carbocycles. The van der Waals surface area contributed by atoms with Gasteiger partial charge in [0.1, 0.15) is 12.4 Å². The van der Waals surface area contributed by atoms with Gasteiger partial charge in [-0.25, -0.2) is 4.57 Å². The minimum absolute atomic E-state index is 1.01. The lowest BCUT2D eigenvalue weighted by Crippen LogP contribution is -2.23. The van der Waals surface area contributed by atoms with E-state index in [2.05, 4.69) is 11.1 Å². The van der Waals surface area contributed by atoms with E-state index in [1.54, 1.807) is 11.3 Å². The third-order valence-corrected chi connectivity index (χ3v) is 3.32. The van der Waals surface area contributed by atoms with Crippen LogP contribution >= 0.6 is 11.3 Å². The molecule has 0 radical (unpaired) electrons. The standard InChI is InChI=1S/C11H10N3S/c1-13-6-7-14(8-13)11-12-9-4-2-3-5-10(9)15-11/h2-8H,1H3/q+1. The van der Waals surface area contributed by atoms with Crippen molar-refractivity contribution in [3.63, 3.8) is 0 Å². The van der Waals surface area contributed by atoms with Gasteiger partial charge in [-0.15, -0.1) is 0 Å². The van der Waals surface area contributed by atoms with Crippen molar-refractivity contribution in [3.05, 3.63) is 43.0 Å². The monoisotopic (exact) mass is 216 g/mol. The molecule has 3 nitrogen and oxygen atoms in total. The van der Waals surface area contributed by atoms with Crippen molar-refractivity contribution >= 4 is 21.6 Å². The summed E-state index contributed by atoms with van der Waals surface area (Å²) in [6.45, 7) is 0. The molecular weight excluding hydrogens is 206 g/mol. The van der Waals surface area contributed by atoms with E-state index in [4.69, 9.17) is 0 Å². The summed E-state index contributed by atoms with van der Waals surface area (Å²) in [4.78, 5) is 4.56. The van der Waals surface area contributed by atoms with Gasteiger partial charge in [0.2, 0.25) is 0 Å². The SMILES string of the molecule is C[n+]1ccn(-c2nc3ccccc3s2)c1. The Bertz CT molecular complexity index is 576. The second-order valence-corrected chi connectivity index (χ2v) is 4.46. The molecule has 0 saturated heterocycles. The van der Waals surface area contributed by atoms with Gasteiger partial charge in [-0.3, -0.25) is 0 Å². The molecule has 0 unspecified atom stereocenters. The largest absolute Gasteiger partial charge is 0.284 e. The van der Waals surface area contributed by atoms with Crippen LogP contribution in [0.2, 0.25) is 0 Å². The highest BCUT2D eigenvalue weighted by atomic mass is 32.1. The molecule has 0 bridgehead atoms. The molecule has 0 atom stereocenters. The number of aryl methyl sites for hydroxylation is 1. The average Bonchev–Trinajstić information content (AvgIpc) is 2.82. The van der Waals surface area contributed by atoms with E-state index in [0.717, 1.165) is 10.6 Å². The summed E-state index contributed by atoms with van der Waals surface area (Å²) in [5.41, 5.74) is 1.06.